The summed E-state index contributed by atoms with van der Waals surface area (Å²) in [7, 11) is 0. The Kier molecular flexibility index (Phi) is 4.30. The topological polar surface area (TPSA) is 90.1 Å². The number of nitrogens with one attached hydrogen (secondary N) is 3. The minimum atomic E-state index is -0.302. The molecular formula is C12H11BrN4O2. The van der Waals surface area contributed by atoms with Gasteiger partial charge in [-0.25, -0.2) is 5.43 Å². The number of rotatable bonds is 4. The Morgan fingerprint density at radius 2 is 2.05 bits per heavy atom. The van der Waals surface area contributed by atoms with E-state index in [1.165, 1.54) is 6.07 Å². The van der Waals surface area contributed by atoms with Crippen molar-refractivity contribution < 1.29 is 4.79 Å². The molecule has 0 spiro atoms. The van der Waals surface area contributed by atoms with Crippen LogP contribution in [0.3, 0.4) is 0 Å². The average molecular weight is 323 g/mol. The number of hydrogen-bond acceptors (Lipinski definition) is 3. The summed E-state index contributed by atoms with van der Waals surface area (Å²) in [5.41, 5.74) is 3.51. The van der Waals surface area contributed by atoms with Gasteiger partial charge >= 0.3 is 0 Å². The second-order valence-electron chi connectivity index (χ2n) is 3.81. The monoisotopic (exact) mass is 322 g/mol. The number of amides is 1. The summed E-state index contributed by atoms with van der Waals surface area (Å²) in [6.07, 6.45) is 1.61. The molecule has 6 nitrogen and oxygen atoms in total. The Morgan fingerprint density at radius 3 is 2.68 bits per heavy atom. The van der Waals surface area contributed by atoms with Crippen LogP contribution in [0.2, 0.25) is 0 Å². The summed E-state index contributed by atoms with van der Waals surface area (Å²) in [6, 6.07) is 8.83. The van der Waals surface area contributed by atoms with Crippen LogP contribution in [0.25, 0.3) is 0 Å². The van der Waals surface area contributed by atoms with Gasteiger partial charge in [0.2, 0.25) is 5.91 Å². The summed E-state index contributed by atoms with van der Waals surface area (Å²) in [6.45, 7) is 0. The van der Waals surface area contributed by atoms with E-state index in [0.717, 1.165) is 10.0 Å². The fourth-order valence-corrected chi connectivity index (χ4v) is 1.67. The Labute approximate surface area is 117 Å². The van der Waals surface area contributed by atoms with Crippen LogP contribution in [-0.2, 0) is 11.2 Å². The van der Waals surface area contributed by atoms with Crippen molar-refractivity contribution in [3.8, 4) is 0 Å². The van der Waals surface area contributed by atoms with E-state index in [0.29, 0.717) is 5.69 Å². The largest absolute Gasteiger partial charge is 0.302 e. The van der Waals surface area contributed by atoms with Gasteiger partial charge in [0.25, 0.3) is 5.56 Å². The first kappa shape index (κ1) is 13.3. The van der Waals surface area contributed by atoms with Gasteiger partial charge in [-0.2, -0.15) is 5.10 Å². The molecule has 0 bridgehead atoms. The standard InChI is InChI=1S/C12H11BrN4O2/c13-9-3-1-8(2-4-9)7-14-16-11(18)5-10-6-12(19)17-15-10/h1-4,6-7H,5H2,(H,16,18)(H2,15,17,19)/b14-7-. The molecule has 98 valence electrons. The minimum absolute atomic E-state index is 0.0659. The van der Waals surface area contributed by atoms with Crippen molar-refractivity contribution in [3.63, 3.8) is 0 Å². The molecule has 2 rings (SSSR count). The highest BCUT2D eigenvalue weighted by Gasteiger charge is 2.03. The fraction of sp³-hybridized carbons (Fsp3) is 0.0833. The predicted octanol–water partition coefficient (Wildman–Crippen LogP) is 1.16. The molecule has 0 unspecified atom stereocenters. The number of nitrogens with zero attached hydrogens (tertiary/aromatic N) is 1. The molecule has 0 radical (unpaired) electrons. The number of aromatic amines is 2. The van der Waals surface area contributed by atoms with Crippen LogP contribution in [0.4, 0.5) is 0 Å². The third-order valence-electron chi connectivity index (χ3n) is 2.28. The Bertz CT molecular complexity index is 642. The summed E-state index contributed by atoms with van der Waals surface area (Å²) < 4.78 is 0.977. The number of carbonyl (C=O) groups excluding carboxylic acids is 1. The molecule has 2 aromatic rings. The first-order valence-corrected chi connectivity index (χ1v) is 6.27. The van der Waals surface area contributed by atoms with Crippen LogP contribution < -0.4 is 11.0 Å². The summed E-state index contributed by atoms with van der Waals surface area (Å²) in [5.74, 6) is -0.302. The van der Waals surface area contributed by atoms with Gasteiger partial charge in [-0.05, 0) is 17.7 Å². The normalized spacial score (nSPS) is 10.8. The van der Waals surface area contributed by atoms with Crippen LogP contribution in [0, 0.1) is 0 Å². The zero-order valence-electron chi connectivity index (χ0n) is 9.81. The molecule has 0 saturated heterocycles. The number of H-pyrrole nitrogens is 2. The predicted molar refractivity (Wildman–Crippen MR) is 75.0 cm³/mol. The zero-order valence-corrected chi connectivity index (χ0v) is 11.4. The summed E-state index contributed by atoms with van der Waals surface area (Å²) >= 11 is 3.33. The second-order valence-corrected chi connectivity index (χ2v) is 4.72. The quantitative estimate of drug-likeness (QED) is 0.582. The lowest BCUT2D eigenvalue weighted by molar-refractivity contribution is -0.120. The highest BCUT2D eigenvalue weighted by molar-refractivity contribution is 9.10. The minimum Gasteiger partial charge on any atom is -0.302 e. The summed E-state index contributed by atoms with van der Waals surface area (Å²) in [5, 5.41) is 8.79. The van der Waals surface area contributed by atoms with Gasteiger partial charge in [0.05, 0.1) is 12.6 Å². The van der Waals surface area contributed by atoms with Crippen LogP contribution in [0.5, 0.6) is 0 Å². The second kappa shape index (κ2) is 6.14. The lowest BCUT2D eigenvalue weighted by Crippen LogP contribution is -2.20. The Morgan fingerprint density at radius 1 is 1.32 bits per heavy atom. The molecule has 19 heavy (non-hydrogen) atoms. The first-order chi connectivity index (χ1) is 9.13. The van der Waals surface area contributed by atoms with E-state index in [4.69, 9.17) is 0 Å². The van der Waals surface area contributed by atoms with Gasteiger partial charge in [-0.15, -0.1) is 0 Å². The van der Waals surface area contributed by atoms with E-state index in [9.17, 15) is 9.59 Å². The van der Waals surface area contributed by atoms with Crippen LogP contribution in [-0.4, -0.2) is 22.3 Å². The molecule has 3 N–H and O–H groups in total. The number of carbonyl (C=O) groups is 1. The molecule has 0 aliphatic heterocycles. The van der Waals surface area contributed by atoms with Crippen LogP contribution in [0.1, 0.15) is 11.3 Å². The highest BCUT2D eigenvalue weighted by Crippen LogP contribution is 2.08. The van der Waals surface area contributed by atoms with E-state index in [-0.39, 0.29) is 17.9 Å². The number of hydrazone groups is 1. The number of benzene rings is 1. The molecular weight excluding hydrogens is 312 g/mol. The van der Waals surface area contributed by atoms with Gasteiger partial charge < -0.3 is 5.10 Å². The van der Waals surface area contributed by atoms with Gasteiger partial charge in [0, 0.05) is 16.2 Å². The molecule has 1 amide bonds. The van der Waals surface area contributed by atoms with E-state index in [1.54, 1.807) is 6.21 Å². The maximum absolute atomic E-state index is 11.5. The number of hydrogen-bond donors (Lipinski definition) is 3. The third-order valence-corrected chi connectivity index (χ3v) is 2.80. The molecule has 0 atom stereocenters. The number of aromatic nitrogens is 2. The Balaban J connectivity index is 1.86. The smallest absolute Gasteiger partial charge is 0.264 e. The van der Waals surface area contributed by atoms with Crippen molar-refractivity contribution in [1.29, 1.82) is 0 Å². The summed E-state index contributed by atoms with van der Waals surface area (Å²) in [4.78, 5) is 22.3. The van der Waals surface area contributed by atoms with Crippen LogP contribution >= 0.6 is 15.9 Å². The molecule has 7 heteroatoms. The van der Waals surface area contributed by atoms with Gasteiger partial charge in [0.1, 0.15) is 0 Å². The molecule has 1 aromatic carbocycles. The number of halogens is 1. The fourth-order valence-electron chi connectivity index (χ4n) is 1.41. The van der Waals surface area contributed by atoms with Crippen molar-refractivity contribution in [3.05, 3.63) is 56.4 Å². The van der Waals surface area contributed by atoms with Gasteiger partial charge in [-0.1, -0.05) is 28.1 Å². The van der Waals surface area contributed by atoms with Crippen molar-refractivity contribution in [1.82, 2.24) is 15.6 Å². The molecule has 0 aliphatic rings. The molecule has 0 fully saturated rings. The maximum atomic E-state index is 11.5. The van der Waals surface area contributed by atoms with Crippen LogP contribution in [0.15, 0.2) is 44.7 Å². The molecule has 1 heterocycles. The van der Waals surface area contributed by atoms with E-state index in [1.807, 2.05) is 24.3 Å². The highest BCUT2D eigenvalue weighted by atomic mass is 79.9. The SMILES string of the molecule is O=C(Cc1cc(=O)[nH][nH]1)N/N=C\c1ccc(Br)cc1. The van der Waals surface area contributed by atoms with Crippen molar-refractivity contribution in [2.75, 3.05) is 0 Å². The molecule has 0 aliphatic carbocycles. The van der Waals surface area contributed by atoms with Gasteiger partial charge in [0.15, 0.2) is 0 Å². The van der Waals surface area contributed by atoms with E-state index in [2.05, 4.69) is 36.7 Å². The average Bonchev–Trinajstić information content (AvgIpc) is 2.77. The first-order valence-electron chi connectivity index (χ1n) is 5.47. The van der Waals surface area contributed by atoms with E-state index >= 15 is 0 Å². The maximum Gasteiger partial charge on any atom is 0.264 e. The Hall–Kier alpha value is -2.15. The molecule has 1 aromatic heterocycles. The van der Waals surface area contributed by atoms with Crippen molar-refractivity contribution in [2.24, 2.45) is 5.10 Å². The molecule has 0 saturated carbocycles. The van der Waals surface area contributed by atoms with Crippen molar-refractivity contribution in [2.45, 2.75) is 6.42 Å². The van der Waals surface area contributed by atoms with E-state index < -0.39 is 0 Å². The van der Waals surface area contributed by atoms with Gasteiger partial charge in [-0.3, -0.25) is 14.7 Å². The zero-order chi connectivity index (χ0) is 13.7. The third kappa shape index (κ3) is 4.22. The lowest BCUT2D eigenvalue weighted by atomic mass is 10.2. The van der Waals surface area contributed by atoms with Crippen molar-refractivity contribution >= 4 is 28.1 Å². The lowest BCUT2D eigenvalue weighted by Gasteiger charge is -1.97.